The van der Waals surface area contributed by atoms with Crippen LogP contribution in [0.25, 0.3) is 0 Å². The van der Waals surface area contributed by atoms with Gasteiger partial charge in [0.25, 0.3) is 0 Å². The van der Waals surface area contributed by atoms with Gasteiger partial charge in [0.15, 0.2) is 5.82 Å². The zero-order chi connectivity index (χ0) is 11.8. The van der Waals surface area contributed by atoms with E-state index in [-0.39, 0.29) is 12.0 Å². The molecule has 1 aliphatic carbocycles. The molecule has 0 aromatic carbocycles. The molecule has 0 aliphatic heterocycles. The fourth-order valence-corrected chi connectivity index (χ4v) is 3.30. The summed E-state index contributed by atoms with van der Waals surface area (Å²) in [6, 6.07) is 2.01. The van der Waals surface area contributed by atoms with Crippen LogP contribution in [0.15, 0.2) is 16.0 Å². The highest BCUT2D eigenvalue weighted by Gasteiger charge is 2.27. The molecule has 0 fully saturated rings. The van der Waals surface area contributed by atoms with E-state index in [1.165, 1.54) is 23.3 Å². The Morgan fingerprint density at radius 3 is 3.24 bits per heavy atom. The fraction of sp³-hybridized carbons (Fsp3) is 0.500. The van der Waals surface area contributed by atoms with Gasteiger partial charge in [-0.1, -0.05) is 5.16 Å². The van der Waals surface area contributed by atoms with Gasteiger partial charge >= 0.3 is 0 Å². The number of hydrogen-bond acceptors (Lipinski definition) is 5. The van der Waals surface area contributed by atoms with Crippen molar-refractivity contribution in [2.75, 3.05) is 0 Å². The monoisotopic (exact) mass is 249 g/mol. The fourth-order valence-electron chi connectivity index (χ4n) is 2.32. The molecule has 0 saturated heterocycles. The topological polar surface area (TPSA) is 64.9 Å². The van der Waals surface area contributed by atoms with Crippen LogP contribution in [0.2, 0.25) is 0 Å². The van der Waals surface area contributed by atoms with E-state index in [9.17, 15) is 0 Å². The van der Waals surface area contributed by atoms with Gasteiger partial charge < -0.3 is 10.3 Å². The average Bonchev–Trinajstić information content (AvgIpc) is 2.97. The summed E-state index contributed by atoms with van der Waals surface area (Å²) in [6.45, 7) is 1.87. The first-order chi connectivity index (χ1) is 8.25. The maximum absolute atomic E-state index is 5.75. The van der Waals surface area contributed by atoms with Crippen molar-refractivity contribution in [2.45, 2.75) is 38.1 Å². The van der Waals surface area contributed by atoms with Crippen LogP contribution in [0.5, 0.6) is 0 Å². The second-order valence-corrected chi connectivity index (χ2v) is 5.52. The zero-order valence-electron chi connectivity index (χ0n) is 9.72. The number of aryl methyl sites for hydroxylation is 1. The lowest BCUT2D eigenvalue weighted by Gasteiger charge is -2.18. The minimum absolute atomic E-state index is 0.168. The Balaban J connectivity index is 1.95. The van der Waals surface area contributed by atoms with Crippen LogP contribution in [0.4, 0.5) is 0 Å². The molecule has 2 atom stereocenters. The molecule has 3 rings (SSSR count). The van der Waals surface area contributed by atoms with E-state index in [2.05, 4.69) is 21.6 Å². The molecule has 0 radical (unpaired) electrons. The average molecular weight is 249 g/mol. The maximum Gasteiger partial charge on any atom is 0.234 e. The standard InChI is InChI=1S/C12H15N3OS/c1-7(13)11-14-12(16-15-11)9-3-2-4-10-8(9)5-6-17-10/h5-7,9H,2-4,13H2,1H3. The number of rotatable bonds is 2. The minimum atomic E-state index is -0.168. The van der Waals surface area contributed by atoms with Crippen LogP contribution < -0.4 is 5.73 Å². The van der Waals surface area contributed by atoms with Gasteiger partial charge in [-0.05, 0) is 43.2 Å². The molecular formula is C12H15N3OS. The van der Waals surface area contributed by atoms with E-state index in [0.29, 0.717) is 5.82 Å². The van der Waals surface area contributed by atoms with Gasteiger partial charge in [-0.2, -0.15) is 4.98 Å². The highest BCUT2D eigenvalue weighted by molar-refractivity contribution is 7.10. The van der Waals surface area contributed by atoms with E-state index in [0.717, 1.165) is 12.3 Å². The molecule has 2 aromatic heterocycles. The van der Waals surface area contributed by atoms with E-state index < -0.39 is 0 Å². The van der Waals surface area contributed by atoms with Crippen molar-refractivity contribution >= 4 is 11.3 Å². The van der Waals surface area contributed by atoms with Crippen molar-refractivity contribution in [3.63, 3.8) is 0 Å². The third kappa shape index (κ3) is 1.89. The highest BCUT2D eigenvalue weighted by Crippen LogP contribution is 2.38. The Morgan fingerprint density at radius 2 is 2.47 bits per heavy atom. The first-order valence-electron chi connectivity index (χ1n) is 5.91. The number of hydrogen-bond donors (Lipinski definition) is 1. The molecule has 2 unspecified atom stereocenters. The molecular weight excluding hydrogens is 234 g/mol. The van der Waals surface area contributed by atoms with Crippen LogP contribution in [0, 0.1) is 0 Å². The lowest BCUT2D eigenvalue weighted by molar-refractivity contribution is 0.349. The van der Waals surface area contributed by atoms with Crippen molar-refractivity contribution in [1.82, 2.24) is 10.1 Å². The van der Waals surface area contributed by atoms with E-state index in [4.69, 9.17) is 10.3 Å². The molecule has 0 spiro atoms. The SMILES string of the molecule is CC(N)c1noc(C2CCCc3sccc32)n1. The third-order valence-electron chi connectivity index (χ3n) is 3.21. The molecule has 0 bridgehead atoms. The Morgan fingerprint density at radius 1 is 1.59 bits per heavy atom. The number of nitrogens with zero attached hydrogens (tertiary/aromatic N) is 2. The molecule has 0 amide bonds. The van der Waals surface area contributed by atoms with Crippen LogP contribution in [-0.2, 0) is 6.42 Å². The predicted octanol–water partition coefficient (Wildman–Crippen LogP) is 2.62. The predicted molar refractivity (Wildman–Crippen MR) is 66.0 cm³/mol. The second-order valence-electron chi connectivity index (χ2n) is 4.52. The number of nitrogens with two attached hydrogens (primary N) is 1. The van der Waals surface area contributed by atoms with Crippen molar-refractivity contribution in [2.24, 2.45) is 5.73 Å². The molecule has 2 aromatic rings. The van der Waals surface area contributed by atoms with Crippen molar-refractivity contribution in [3.8, 4) is 0 Å². The third-order valence-corrected chi connectivity index (χ3v) is 4.21. The van der Waals surface area contributed by atoms with Crippen molar-refractivity contribution < 1.29 is 4.52 Å². The lowest BCUT2D eigenvalue weighted by Crippen LogP contribution is -2.10. The van der Waals surface area contributed by atoms with Gasteiger partial charge in [0.1, 0.15) is 0 Å². The first-order valence-corrected chi connectivity index (χ1v) is 6.79. The largest absolute Gasteiger partial charge is 0.339 e. The number of fused-ring (bicyclic) bond motifs is 1. The highest BCUT2D eigenvalue weighted by atomic mass is 32.1. The van der Waals surface area contributed by atoms with Gasteiger partial charge in [0.2, 0.25) is 5.89 Å². The van der Waals surface area contributed by atoms with E-state index >= 15 is 0 Å². The maximum atomic E-state index is 5.75. The van der Waals surface area contributed by atoms with Gasteiger partial charge in [0, 0.05) is 4.88 Å². The first kappa shape index (κ1) is 10.9. The molecule has 5 heteroatoms. The number of thiophene rings is 1. The summed E-state index contributed by atoms with van der Waals surface area (Å²) in [6.07, 6.45) is 3.45. The normalized spacial score (nSPS) is 21.2. The van der Waals surface area contributed by atoms with Crippen LogP contribution in [0.1, 0.15) is 53.9 Å². The van der Waals surface area contributed by atoms with Crippen molar-refractivity contribution in [3.05, 3.63) is 33.6 Å². The van der Waals surface area contributed by atoms with Gasteiger partial charge in [-0.25, -0.2) is 0 Å². The summed E-state index contributed by atoms with van der Waals surface area (Å²) < 4.78 is 5.36. The minimum Gasteiger partial charge on any atom is -0.339 e. The Hall–Kier alpha value is -1.20. The lowest BCUT2D eigenvalue weighted by atomic mass is 9.88. The van der Waals surface area contributed by atoms with Gasteiger partial charge in [-0.3, -0.25) is 0 Å². The summed E-state index contributed by atoms with van der Waals surface area (Å²) >= 11 is 1.82. The summed E-state index contributed by atoms with van der Waals surface area (Å²) in [7, 11) is 0. The van der Waals surface area contributed by atoms with Crippen molar-refractivity contribution in [1.29, 1.82) is 0 Å². The smallest absolute Gasteiger partial charge is 0.234 e. The van der Waals surface area contributed by atoms with Crippen LogP contribution >= 0.6 is 11.3 Å². The van der Waals surface area contributed by atoms with Gasteiger partial charge in [0.05, 0.1) is 12.0 Å². The van der Waals surface area contributed by atoms with E-state index in [1.54, 1.807) is 0 Å². The quantitative estimate of drug-likeness (QED) is 0.888. The molecule has 17 heavy (non-hydrogen) atoms. The molecule has 4 nitrogen and oxygen atoms in total. The number of aromatic nitrogens is 2. The second kappa shape index (κ2) is 4.23. The Kier molecular flexibility index (Phi) is 2.72. The summed E-state index contributed by atoms with van der Waals surface area (Å²) in [4.78, 5) is 5.87. The van der Waals surface area contributed by atoms with Crippen LogP contribution in [0.3, 0.4) is 0 Å². The van der Waals surface area contributed by atoms with E-state index in [1.807, 2.05) is 18.3 Å². The Bertz CT molecular complexity index is 517. The van der Waals surface area contributed by atoms with Gasteiger partial charge in [-0.15, -0.1) is 11.3 Å². The molecule has 90 valence electrons. The Labute approximate surface area is 104 Å². The summed E-state index contributed by atoms with van der Waals surface area (Å²) in [5.41, 5.74) is 7.11. The summed E-state index contributed by atoms with van der Waals surface area (Å²) in [5.74, 6) is 1.59. The molecule has 0 saturated carbocycles. The summed E-state index contributed by atoms with van der Waals surface area (Å²) in [5, 5.41) is 6.09. The molecule has 1 aliphatic rings. The molecule has 2 heterocycles. The van der Waals surface area contributed by atoms with Crippen LogP contribution in [-0.4, -0.2) is 10.1 Å². The zero-order valence-corrected chi connectivity index (χ0v) is 10.5. The molecule has 2 N–H and O–H groups in total.